The third-order valence-corrected chi connectivity index (χ3v) is 4.43. The van der Waals surface area contributed by atoms with Crippen LogP contribution in [-0.2, 0) is 6.42 Å². The number of rotatable bonds is 5. The van der Waals surface area contributed by atoms with Crippen LogP contribution in [0.3, 0.4) is 0 Å². The van der Waals surface area contributed by atoms with Crippen molar-refractivity contribution in [3.05, 3.63) is 41.6 Å². The van der Waals surface area contributed by atoms with Crippen LogP contribution in [0.5, 0.6) is 0 Å². The van der Waals surface area contributed by atoms with Gasteiger partial charge in [-0.25, -0.2) is 4.98 Å². The van der Waals surface area contributed by atoms with Crippen LogP contribution in [0.1, 0.15) is 50.3 Å². The Labute approximate surface area is 138 Å². The standard InChI is InChI=1S/C19H26N4/c1-3-15-9-11-17(12-10-15)21-18-13-14(2)20-19(23-18)22-16-7-5-4-6-8-16/h9-13,16H,3-8H2,1-2H3,(H2,20,21,22,23). The molecule has 122 valence electrons. The molecule has 1 aromatic carbocycles. The Morgan fingerprint density at radius 2 is 1.78 bits per heavy atom. The van der Waals surface area contributed by atoms with Crippen LogP contribution >= 0.6 is 0 Å². The lowest BCUT2D eigenvalue weighted by atomic mass is 9.96. The Balaban J connectivity index is 1.71. The Hall–Kier alpha value is -2.10. The van der Waals surface area contributed by atoms with Gasteiger partial charge in [-0.1, -0.05) is 38.3 Å². The molecule has 0 atom stereocenters. The van der Waals surface area contributed by atoms with E-state index in [-0.39, 0.29) is 0 Å². The van der Waals surface area contributed by atoms with Gasteiger partial charge in [0.25, 0.3) is 0 Å². The van der Waals surface area contributed by atoms with Gasteiger partial charge in [0.05, 0.1) is 0 Å². The monoisotopic (exact) mass is 310 g/mol. The SMILES string of the molecule is CCc1ccc(Nc2cc(C)nc(NC3CCCCC3)n2)cc1. The van der Waals surface area contributed by atoms with Crippen molar-refractivity contribution >= 4 is 17.5 Å². The van der Waals surface area contributed by atoms with Gasteiger partial charge in [0, 0.05) is 23.5 Å². The van der Waals surface area contributed by atoms with Gasteiger partial charge < -0.3 is 10.6 Å². The lowest BCUT2D eigenvalue weighted by Crippen LogP contribution is -2.23. The average molecular weight is 310 g/mol. The zero-order chi connectivity index (χ0) is 16.1. The summed E-state index contributed by atoms with van der Waals surface area (Å²) in [6.07, 6.45) is 7.46. The minimum absolute atomic E-state index is 0.516. The van der Waals surface area contributed by atoms with Crippen LogP contribution in [0.4, 0.5) is 17.5 Å². The Morgan fingerprint density at radius 3 is 2.48 bits per heavy atom. The topological polar surface area (TPSA) is 49.8 Å². The normalized spacial score (nSPS) is 15.4. The fraction of sp³-hybridized carbons (Fsp3) is 0.474. The van der Waals surface area contributed by atoms with Gasteiger partial charge in [-0.2, -0.15) is 4.98 Å². The molecule has 1 aliphatic carbocycles. The van der Waals surface area contributed by atoms with E-state index in [2.05, 4.69) is 51.8 Å². The quantitative estimate of drug-likeness (QED) is 0.830. The summed E-state index contributed by atoms with van der Waals surface area (Å²) in [5.41, 5.74) is 3.38. The first-order valence-electron chi connectivity index (χ1n) is 8.71. The van der Waals surface area contributed by atoms with Gasteiger partial charge >= 0.3 is 0 Å². The molecule has 0 unspecified atom stereocenters. The highest BCUT2D eigenvalue weighted by atomic mass is 15.2. The van der Waals surface area contributed by atoms with E-state index in [1.54, 1.807) is 0 Å². The zero-order valence-corrected chi connectivity index (χ0v) is 14.1. The fourth-order valence-corrected chi connectivity index (χ4v) is 3.10. The van der Waals surface area contributed by atoms with Gasteiger partial charge in [-0.15, -0.1) is 0 Å². The second-order valence-corrected chi connectivity index (χ2v) is 6.37. The molecule has 0 aliphatic heterocycles. The van der Waals surface area contributed by atoms with Crippen LogP contribution in [-0.4, -0.2) is 16.0 Å². The fourth-order valence-electron chi connectivity index (χ4n) is 3.10. The first-order chi connectivity index (χ1) is 11.2. The second kappa shape index (κ2) is 7.44. The second-order valence-electron chi connectivity index (χ2n) is 6.37. The van der Waals surface area contributed by atoms with Gasteiger partial charge in [0.15, 0.2) is 0 Å². The van der Waals surface area contributed by atoms with Crippen LogP contribution < -0.4 is 10.6 Å². The minimum atomic E-state index is 0.516. The van der Waals surface area contributed by atoms with Crippen LogP contribution in [0.2, 0.25) is 0 Å². The van der Waals surface area contributed by atoms with Crippen molar-refractivity contribution in [3.8, 4) is 0 Å². The highest BCUT2D eigenvalue weighted by molar-refractivity contribution is 5.58. The summed E-state index contributed by atoms with van der Waals surface area (Å²) in [6.45, 7) is 4.18. The molecule has 0 radical (unpaired) electrons. The lowest BCUT2D eigenvalue weighted by Gasteiger charge is -2.23. The molecule has 3 rings (SSSR count). The number of aryl methyl sites for hydroxylation is 2. The molecule has 23 heavy (non-hydrogen) atoms. The average Bonchev–Trinajstić information content (AvgIpc) is 2.56. The largest absolute Gasteiger partial charge is 0.351 e. The Bertz CT molecular complexity index is 630. The zero-order valence-electron chi connectivity index (χ0n) is 14.1. The molecule has 2 N–H and O–H groups in total. The van der Waals surface area contributed by atoms with Gasteiger partial charge in [-0.3, -0.25) is 0 Å². The first-order valence-corrected chi connectivity index (χ1v) is 8.71. The Morgan fingerprint density at radius 1 is 1.04 bits per heavy atom. The van der Waals surface area contributed by atoms with Crippen LogP contribution in [0.25, 0.3) is 0 Å². The number of benzene rings is 1. The van der Waals surface area contributed by atoms with Crippen molar-refractivity contribution in [2.45, 2.75) is 58.4 Å². The van der Waals surface area contributed by atoms with Crippen LogP contribution in [0.15, 0.2) is 30.3 Å². The van der Waals surface area contributed by atoms with Crippen molar-refractivity contribution in [2.24, 2.45) is 0 Å². The molecule has 0 saturated heterocycles. The van der Waals surface area contributed by atoms with Crippen molar-refractivity contribution in [3.63, 3.8) is 0 Å². The van der Waals surface area contributed by atoms with Gasteiger partial charge in [-0.05, 0) is 43.9 Å². The van der Waals surface area contributed by atoms with Gasteiger partial charge in [0.1, 0.15) is 5.82 Å². The number of anilines is 3. The van der Waals surface area contributed by atoms with Crippen molar-refractivity contribution in [2.75, 3.05) is 10.6 Å². The maximum absolute atomic E-state index is 4.63. The molecular formula is C19H26N4. The molecule has 1 aliphatic rings. The molecule has 1 saturated carbocycles. The number of nitrogens with zero attached hydrogens (tertiary/aromatic N) is 2. The number of nitrogens with one attached hydrogen (secondary N) is 2. The van der Waals surface area contributed by atoms with E-state index >= 15 is 0 Å². The summed E-state index contributed by atoms with van der Waals surface area (Å²) in [7, 11) is 0. The van der Waals surface area contributed by atoms with Gasteiger partial charge in [0.2, 0.25) is 5.95 Å². The summed E-state index contributed by atoms with van der Waals surface area (Å²) in [5.74, 6) is 1.59. The molecular weight excluding hydrogens is 284 g/mol. The first kappa shape index (κ1) is 15.8. The molecule has 1 heterocycles. The Kier molecular flexibility index (Phi) is 5.11. The van der Waals surface area contributed by atoms with E-state index in [0.717, 1.165) is 29.6 Å². The lowest BCUT2D eigenvalue weighted by molar-refractivity contribution is 0.461. The molecule has 1 fully saturated rings. The van der Waals surface area contributed by atoms with Crippen molar-refractivity contribution < 1.29 is 0 Å². The summed E-state index contributed by atoms with van der Waals surface area (Å²) in [6, 6.07) is 11.0. The molecule has 1 aromatic heterocycles. The molecule has 0 spiro atoms. The molecule has 4 heteroatoms. The highest BCUT2D eigenvalue weighted by Gasteiger charge is 2.14. The molecule has 2 aromatic rings. The third kappa shape index (κ3) is 4.44. The van der Waals surface area contributed by atoms with E-state index in [4.69, 9.17) is 0 Å². The van der Waals surface area contributed by atoms with E-state index in [9.17, 15) is 0 Å². The van der Waals surface area contributed by atoms with E-state index in [1.165, 1.54) is 37.7 Å². The summed E-state index contributed by atoms with van der Waals surface area (Å²) < 4.78 is 0. The minimum Gasteiger partial charge on any atom is -0.351 e. The number of hydrogen-bond acceptors (Lipinski definition) is 4. The van der Waals surface area contributed by atoms with Crippen molar-refractivity contribution in [1.82, 2.24) is 9.97 Å². The van der Waals surface area contributed by atoms with E-state index in [1.807, 2.05) is 13.0 Å². The smallest absolute Gasteiger partial charge is 0.225 e. The van der Waals surface area contributed by atoms with E-state index < -0.39 is 0 Å². The summed E-state index contributed by atoms with van der Waals surface area (Å²) >= 11 is 0. The number of aromatic nitrogens is 2. The molecule has 4 nitrogen and oxygen atoms in total. The maximum Gasteiger partial charge on any atom is 0.225 e. The maximum atomic E-state index is 4.63. The third-order valence-electron chi connectivity index (χ3n) is 4.43. The highest BCUT2D eigenvalue weighted by Crippen LogP contribution is 2.22. The van der Waals surface area contributed by atoms with Crippen molar-refractivity contribution in [1.29, 1.82) is 0 Å². The number of hydrogen-bond donors (Lipinski definition) is 2. The molecule has 0 bridgehead atoms. The predicted octanol–water partition coefficient (Wildman–Crippen LogP) is 4.84. The summed E-state index contributed by atoms with van der Waals surface area (Å²) in [4.78, 5) is 9.17. The van der Waals surface area contributed by atoms with E-state index in [0.29, 0.717) is 6.04 Å². The predicted molar refractivity (Wildman–Crippen MR) is 96.4 cm³/mol. The summed E-state index contributed by atoms with van der Waals surface area (Å²) in [5, 5.41) is 6.89. The van der Waals surface area contributed by atoms with Crippen LogP contribution in [0, 0.1) is 6.92 Å². The molecule has 0 amide bonds.